The monoisotopic (exact) mass is 222 g/mol. The van der Waals surface area contributed by atoms with Gasteiger partial charge >= 0.3 is 0 Å². The SMILES string of the molecule is CCC(NC(C)C1CC1)c1c(C)noc1C. The van der Waals surface area contributed by atoms with E-state index in [1.165, 1.54) is 18.4 Å². The van der Waals surface area contributed by atoms with E-state index in [9.17, 15) is 0 Å². The van der Waals surface area contributed by atoms with Crippen LogP contribution >= 0.6 is 0 Å². The second kappa shape index (κ2) is 4.58. The largest absolute Gasteiger partial charge is 0.361 e. The summed E-state index contributed by atoms with van der Waals surface area (Å²) in [5.74, 6) is 1.84. The van der Waals surface area contributed by atoms with E-state index in [0.717, 1.165) is 23.8 Å². The molecule has 2 rings (SSSR count). The number of hydrogen-bond acceptors (Lipinski definition) is 3. The van der Waals surface area contributed by atoms with Gasteiger partial charge < -0.3 is 9.84 Å². The molecule has 3 nitrogen and oxygen atoms in total. The van der Waals surface area contributed by atoms with Gasteiger partial charge in [0.2, 0.25) is 0 Å². The van der Waals surface area contributed by atoms with Crippen molar-refractivity contribution >= 4 is 0 Å². The molecule has 0 spiro atoms. The molecule has 2 atom stereocenters. The molecule has 90 valence electrons. The highest BCUT2D eigenvalue weighted by atomic mass is 16.5. The lowest BCUT2D eigenvalue weighted by atomic mass is 10.0. The summed E-state index contributed by atoms with van der Waals surface area (Å²) in [6, 6.07) is 1.00. The Bertz CT molecular complexity index is 335. The molecule has 3 heteroatoms. The van der Waals surface area contributed by atoms with E-state index in [1.807, 2.05) is 13.8 Å². The number of nitrogens with zero attached hydrogens (tertiary/aromatic N) is 1. The average Bonchev–Trinajstić information content (AvgIpc) is 3.04. The standard InChI is InChI=1S/C13H22N2O/c1-5-12(14-8(2)11-6-7-11)13-9(3)15-16-10(13)4/h8,11-12,14H,5-7H2,1-4H3. The molecule has 0 aliphatic heterocycles. The van der Waals surface area contributed by atoms with Crippen molar-refractivity contribution in [3.63, 3.8) is 0 Å². The predicted octanol–water partition coefficient (Wildman–Crippen LogP) is 3.13. The summed E-state index contributed by atoms with van der Waals surface area (Å²) in [4.78, 5) is 0. The van der Waals surface area contributed by atoms with Crippen LogP contribution in [0.15, 0.2) is 4.52 Å². The first-order valence-electron chi connectivity index (χ1n) is 6.32. The smallest absolute Gasteiger partial charge is 0.138 e. The zero-order valence-corrected chi connectivity index (χ0v) is 10.7. The molecule has 0 amide bonds. The van der Waals surface area contributed by atoms with Gasteiger partial charge in [0.15, 0.2) is 0 Å². The molecular formula is C13H22N2O. The summed E-state index contributed by atoms with van der Waals surface area (Å²) in [7, 11) is 0. The van der Waals surface area contributed by atoms with Gasteiger partial charge in [-0.1, -0.05) is 12.1 Å². The molecule has 1 aromatic heterocycles. The topological polar surface area (TPSA) is 38.1 Å². The van der Waals surface area contributed by atoms with Crippen LogP contribution in [0.5, 0.6) is 0 Å². The number of rotatable bonds is 5. The van der Waals surface area contributed by atoms with Crippen LogP contribution < -0.4 is 5.32 Å². The Morgan fingerprint density at radius 3 is 2.56 bits per heavy atom. The Labute approximate surface area is 97.6 Å². The Morgan fingerprint density at radius 1 is 1.44 bits per heavy atom. The summed E-state index contributed by atoms with van der Waals surface area (Å²) in [6.45, 7) is 8.53. The third kappa shape index (κ3) is 2.29. The zero-order valence-electron chi connectivity index (χ0n) is 10.7. The second-order valence-corrected chi connectivity index (χ2v) is 4.99. The number of nitrogens with one attached hydrogen (secondary N) is 1. The summed E-state index contributed by atoms with van der Waals surface area (Å²) in [5, 5.41) is 7.75. The minimum atomic E-state index is 0.391. The van der Waals surface area contributed by atoms with E-state index in [2.05, 4.69) is 24.3 Å². The lowest BCUT2D eigenvalue weighted by molar-refractivity contribution is 0.382. The fraction of sp³-hybridized carbons (Fsp3) is 0.769. The third-order valence-corrected chi connectivity index (χ3v) is 3.64. The molecule has 0 radical (unpaired) electrons. The fourth-order valence-corrected chi connectivity index (χ4v) is 2.44. The van der Waals surface area contributed by atoms with Crippen LogP contribution in [0.25, 0.3) is 0 Å². The molecule has 1 saturated carbocycles. The minimum absolute atomic E-state index is 0.391. The van der Waals surface area contributed by atoms with Crippen LogP contribution in [0.1, 0.15) is 56.2 Å². The van der Waals surface area contributed by atoms with Crippen LogP contribution in [-0.2, 0) is 0 Å². The van der Waals surface area contributed by atoms with Crippen molar-refractivity contribution in [1.29, 1.82) is 0 Å². The van der Waals surface area contributed by atoms with E-state index in [0.29, 0.717) is 12.1 Å². The summed E-state index contributed by atoms with van der Waals surface area (Å²) >= 11 is 0. The Hall–Kier alpha value is -0.830. The first-order chi connectivity index (χ1) is 7.63. The predicted molar refractivity (Wildman–Crippen MR) is 64.3 cm³/mol. The maximum Gasteiger partial charge on any atom is 0.138 e. The average molecular weight is 222 g/mol. The highest BCUT2D eigenvalue weighted by molar-refractivity contribution is 5.25. The first kappa shape index (κ1) is 11.6. The molecule has 1 N–H and O–H groups in total. The van der Waals surface area contributed by atoms with E-state index in [-0.39, 0.29) is 0 Å². The molecule has 1 fully saturated rings. The van der Waals surface area contributed by atoms with Gasteiger partial charge in [0, 0.05) is 17.6 Å². The molecule has 1 aliphatic carbocycles. The van der Waals surface area contributed by atoms with Gasteiger partial charge in [0.1, 0.15) is 5.76 Å². The van der Waals surface area contributed by atoms with Crippen molar-refractivity contribution in [2.24, 2.45) is 5.92 Å². The highest BCUT2D eigenvalue weighted by Gasteiger charge is 2.30. The Morgan fingerprint density at radius 2 is 2.12 bits per heavy atom. The molecule has 0 bridgehead atoms. The van der Waals surface area contributed by atoms with Gasteiger partial charge in [-0.15, -0.1) is 0 Å². The van der Waals surface area contributed by atoms with Crippen molar-refractivity contribution in [1.82, 2.24) is 10.5 Å². The highest BCUT2D eigenvalue weighted by Crippen LogP contribution is 2.34. The van der Waals surface area contributed by atoms with E-state index in [4.69, 9.17) is 4.52 Å². The number of hydrogen-bond donors (Lipinski definition) is 1. The molecule has 2 unspecified atom stereocenters. The normalized spacial score (nSPS) is 19.8. The molecule has 1 aliphatic rings. The van der Waals surface area contributed by atoms with E-state index >= 15 is 0 Å². The molecular weight excluding hydrogens is 200 g/mol. The summed E-state index contributed by atoms with van der Waals surface area (Å²) < 4.78 is 5.25. The van der Waals surface area contributed by atoms with Crippen molar-refractivity contribution < 1.29 is 4.52 Å². The maximum absolute atomic E-state index is 5.25. The number of aryl methyl sites for hydroxylation is 2. The Balaban J connectivity index is 2.09. The molecule has 1 aromatic rings. The van der Waals surface area contributed by atoms with Gasteiger partial charge in [-0.2, -0.15) is 0 Å². The zero-order chi connectivity index (χ0) is 11.7. The van der Waals surface area contributed by atoms with Gasteiger partial charge in [-0.05, 0) is 46.0 Å². The van der Waals surface area contributed by atoms with Crippen LogP contribution in [0.4, 0.5) is 0 Å². The Kier molecular flexibility index (Phi) is 3.33. The van der Waals surface area contributed by atoms with Gasteiger partial charge in [-0.25, -0.2) is 0 Å². The summed E-state index contributed by atoms with van der Waals surface area (Å²) in [5.41, 5.74) is 2.29. The van der Waals surface area contributed by atoms with Crippen LogP contribution in [-0.4, -0.2) is 11.2 Å². The molecule has 0 saturated heterocycles. The first-order valence-corrected chi connectivity index (χ1v) is 6.32. The van der Waals surface area contributed by atoms with Gasteiger partial charge in [-0.3, -0.25) is 0 Å². The van der Waals surface area contributed by atoms with Crippen LogP contribution in [0, 0.1) is 19.8 Å². The van der Waals surface area contributed by atoms with Crippen molar-refractivity contribution in [3.05, 3.63) is 17.0 Å². The van der Waals surface area contributed by atoms with Crippen molar-refractivity contribution in [2.45, 2.75) is 59.0 Å². The quantitative estimate of drug-likeness (QED) is 0.831. The van der Waals surface area contributed by atoms with Crippen LogP contribution in [0.2, 0.25) is 0 Å². The maximum atomic E-state index is 5.25. The van der Waals surface area contributed by atoms with Gasteiger partial charge in [0.25, 0.3) is 0 Å². The fourth-order valence-electron chi connectivity index (χ4n) is 2.44. The minimum Gasteiger partial charge on any atom is -0.361 e. The van der Waals surface area contributed by atoms with Crippen LogP contribution in [0.3, 0.4) is 0 Å². The summed E-state index contributed by atoms with van der Waals surface area (Å²) in [6.07, 6.45) is 3.85. The lowest BCUT2D eigenvalue weighted by Gasteiger charge is -2.22. The lowest BCUT2D eigenvalue weighted by Crippen LogP contribution is -2.32. The van der Waals surface area contributed by atoms with Gasteiger partial charge in [0.05, 0.1) is 5.69 Å². The van der Waals surface area contributed by atoms with E-state index in [1.54, 1.807) is 0 Å². The third-order valence-electron chi connectivity index (χ3n) is 3.64. The number of aromatic nitrogens is 1. The van der Waals surface area contributed by atoms with Crippen molar-refractivity contribution in [2.75, 3.05) is 0 Å². The molecule has 0 aromatic carbocycles. The van der Waals surface area contributed by atoms with Crippen molar-refractivity contribution in [3.8, 4) is 0 Å². The molecule has 16 heavy (non-hydrogen) atoms. The second-order valence-electron chi connectivity index (χ2n) is 4.99. The molecule has 1 heterocycles. The van der Waals surface area contributed by atoms with E-state index < -0.39 is 0 Å².